The van der Waals surface area contributed by atoms with Crippen molar-refractivity contribution in [3.63, 3.8) is 0 Å². The van der Waals surface area contributed by atoms with Crippen LogP contribution in [0.2, 0.25) is 0 Å². The number of esters is 1. The van der Waals surface area contributed by atoms with E-state index >= 15 is 0 Å². The number of nitrogens with two attached hydrogens (primary N) is 1. The molecule has 4 nitrogen and oxygen atoms in total. The van der Waals surface area contributed by atoms with E-state index in [4.69, 9.17) is 15.6 Å². The summed E-state index contributed by atoms with van der Waals surface area (Å²) in [5.74, 6) is -0.363. The van der Waals surface area contributed by atoms with E-state index < -0.39 is 0 Å². The second-order valence-electron chi connectivity index (χ2n) is 3.46. The van der Waals surface area contributed by atoms with Crippen molar-refractivity contribution in [2.75, 3.05) is 13.2 Å². The molecule has 0 amide bonds. The summed E-state index contributed by atoms with van der Waals surface area (Å²) in [5.41, 5.74) is 5.80. The summed E-state index contributed by atoms with van der Waals surface area (Å²) in [4.78, 5) is 11.3. The summed E-state index contributed by atoms with van der Waals surface area (Å²) in [5, 5.41) is 8.93. The minimum atomic E-state index is -0.232. The fourth-order valence-corrected chi connectivity index (χ4v) is 1.84. The van der Waals surface area contributed by atoms with Gasteiger partial charge in [-0.15, -0.1) is 0 Å². The molecule has 0 aliphatic heterocycles. The van der Waals surface area contributed by atoms with Crippen molar-refractivity contribution in [2.24, 2.45) is 17.6 Å². The lowest BCUT2D eigenvalue weighted by molar-refractivity contribution is -0.148. The van der Waals surface area contributed by atoms with Crippen LogP contribution in [0.25, 0.3) is 0 Å². The van der Waals surface area contributed by atoms with Crippen LogP contribution in [0.4, 0.5) is 0 Å². The van der Waals surface area contributed by atoms with Gasteiger partial charge in [0.2, 0.25) is 0 Å². The van der Waals surface area contributed by atoms with Crippen LogP contribution in [0.1, 0.15) is 19.8 Å². The molecule has 3 N–H and O–H groups in total. The van der Waals surface area contributed by atoms with Crippen molar-refractivity contribution in [1.29, 1.82) is 0 Å². The molecule has 1 rings (SSSR count). The van der Waals surface area contributed by atoms with Gasteiger partial charge >= 0.3 is 5.97 Å². The number of rotatable bonds is 3. The lowest BCUT2D eigenvalue weighted by Gasteiger charge is -2.17. The lowest BCUT2D eigenvalue weighted by Crippen LogP contribution is -2.37. The number of aliphatic hydroxyl groups is 1. The molecular formula is C9H17NO3. The molecule has 76 valence electrons. The molecule has 1 aliphatic carbocycles. The van der Waals surface area contributed by atoms with Crippen molar-refractivity contribution in [3.05, 3.63) is 0 Å². The molecule has 13 heavy (non-hydrogen) atoms. The molecule has 0 aromatic carbocycles. The quantitative estimate of drug-likeness (QED) is 0.605. The van der Waals surface area contributed by atoms with E-state index in [1.54, 1.807) is 6.92 Å². The SMILES string of the molecule is CCOC(=O)[C@@H]1CC[C@H](CO)[C@@H]1N. The number of carbonyl (C=O) groups is 1. The second-order valence-corrected chi connectivity index (χ2v) is 3.46. The molecule has 1 aliphatic rings. The van der Waals surface area contributed by atoms with Gasteiger partial charge in [0.15, 0.2) is 0 Å². The maximum absolute atomic E-state index is 11.3. The van der Waals surface area contributed by atoms with Crippen molar-refractivity contribution < 1.29 is 14.6 Å². The predicted molar refractivity (Wildman–Crippen MR) is 47.9 cm³/mol. The molecule has 3 atom stereocenters. The Morgan fingerprint density at radius 1 is 1.62 bits per heavy atom. The van der Waals surface area contributed by atoms with E-state index in [9.17, 15) is 4.79 Å². The minimum absolute atomic E-state index is 0.0643. The van der Waals surface area contributed by atoms with E-state index in [1.807, 2.05) is 0 Å². The first-order valence-corrected chi connectivity index (χ1v) is 4.73. The highest BCUT2D eigenvalue weighted by Gasteiger charge is 2.38. The zero-order valence-electron chi connectivity index (χ0n) is 7.90. The van der Waals surface area contributed by atoms with Crippen molar-refractivity contribution in [3.8, 4) is 0 Å². The summed E-state index contributed by atoms with van der Waals surface area (Å²) in [6.45, 7) is 2.24. The molecular weight excluding hydrogens is 170 g/mol. The Balaban J connectivity index is 2.48. The largest absolute Gasteiger partial charge is 0.466 e. The molecule has 4 heteroatoms. The minimum Gasteiger partial charge on any atom is -0.466 e. The van der Waals surface area contributed by atoms with E-state index in [1.165, 1.54) is 0 Å². The zero-order valence-corrected chi connectivity index (χ0v) is 7.90. The number of hydrogen-bond donors (Lipinski definition) is 2. The summed E-state index contributed by atoms with van der Waals surface area (Å²) in [6, 6.07) is -0.232. The first-order valence-electron chi connectivity index (χ1n) is 4.73. The van der Waals surface area contributed by atoms with Crippen LogP contribution < -0.4 is 5.73 Å². The molecule has 0 aromatic rings. The Bertz CT molecular complexity index is 184. The fourth-order valence-electron chi connectivity index (χ4n) is 1.84. The molecule has 1 saturated carbocycles. The number of ether oxygens (including phenoxy) is 1. The molecule has 0 saturated heterocycles. The van der Waals surface area contributed by atoms with Crippen molar-refractivity contribution in [1.82, 2.24) is 0 Å². The lowest BCUT2D eigenvalue weighted by atomic mass is 9.99. The summed E-state index contributed by atoms with van der Waals surface area (Å²) in [7, 11) is 0. The Morgan fingerprint density at radius 2 is 2.31 bits per heavy atom. The van der Waals surface area contributed by atoms with Crippen LogP contribution in [-0.4, -0.2) is 30.3 Å². The van der Waals surface area contributed by atoms with Crippen LogP contribution in [0, 0.1) is 11.8 Å². The second kappa shape index (κ2) is 4.58. The maximum atomic E-state index is 11.3. The van der Waals surface area contributed by atoms with Crippen molar-refractivity contribution in [2.45, 2.75) is 25.8 Å². The number of hydrogen-bond acceptors (Lipinski definition) is 4. The van der Waals surface area contributed by atoms with Gasteiger partial charge in [-0.1, -0.05) is 0 Å². The van der Waals surface area contributed by atoms with Gasteiger partial charge in [0, 0.05) is 12.6 Å². The Labute approximate surface area is 78.1 Å². The van der Waals surface area contributed by atoms with Gasteiger partial charge in [-0.2, -0.15) is 0 Å². The molecule has 0 aromatic heterocycles. The van der Waals surface area contributed by atoms with Gasteiger partial charge in [0.05, 0.1) is 12.5 Å². The molecule has 0 bridgehead atoms. The van der Waals surface area contributed by atoms with Crippen LogP contribution in [0.5, 0.6) is 0 Å². The third kappa shape index (κ3) is 2.19. The van der Waals surface area contributed by atoms with Crippen LogP contribution in [0.15, 0.2) is 0 Å². The van der Waals surface area contributed by atoms with Gasteiger partial charge in [-0.25, -0.2) is 0 Å². The summed E-state index contributed by atoms with van der Waals surface area (Å²) in [6.07, 6.45) is 1.56. The normalized spacial score (nSPS) is 33.3. The predicted octanol–water partition coefficient (Wildman–Crippen LogP) is -0.105. The molecule has 0 heterocycles. The standard InChI is InChI=1S/C9H17NO3/c1-2-13-9(12)7-4-3-6(5-11)8(7)10/h6-8,11H,2-5,10H2,1H3/t6-,7-,8+/m1/s1. The van der Waals surface area contributed by atoms with E-state index in [-0.39, 0.29) is 30.5 Å². The first kappa shape index (κ1) is 10.5. The third-order valence-electron chi connectivity index (χ3n) is 2.68. The molecule has 1 fully saturated rings. The maximum Gasteiger partial charge on any atom is 0.310 e. The monoisotopic (exact) mass is 187 g/mol. The third-order valence-corrected chi connectivity index (χ3v) is 2.68. The molecule has 0 unspecified atom stereocenters. The zero-order chi connectivity index (χ0) is 9.84. The van der Waals surface area contributed by atoms with Crippen LogP contribution >= 0.6 is 0 Å². The molecule has 0 radical (unpaired) electrons. The Kier molecular flexibility index (Phi) is 3.69. The van der Waals surface area contributed by atoms with Crippen molar-refractivity contribution >= 4 is 5.97 Å². The fraction of sp³-hybridized carbons (Fsp3) is 0.889. The highest BCUT2D eigenvalue weighted by molar-refractivity contribution is 5.73. The smallest absolute Gasteiger partial charge is 0.310 e. The Morgan fingerprint density at radius 3 is 2.77 bits per heavy atom. The van der Waals surface area contributed by atoms with Gasteiger partial charge in [0.1, 0.15) is 0 Å². The topological polar surface area (TPSA) is 72.5 Å². The average molecular weight is 187 g/mol. The van der Waals surface area contributed by atoms with Crippen LogP contribution in [-0.2, 0) is 9.53 Å². The van der Waals surface area contributed by atoms with Gasteiger partial charge in [0.25, 0.3) is 0 Å². The highest BCUT2D eigenvalue weighted by Crippen LogP contribution is 2.30. The highest BCUT2D eigenvalue weighted by atomic mass is 16.5. The number of aliphatic hydroxyl groups excluding tert-OH is 1. The Hall–Kier alpha value is -0.610. The number of carbonyl (C=O) groups excluding carboxylic acids is 1. The summed E-state index contributed by atoms with van der Waals surface area (Å²) < 4.78 is 4.89. The van der Waals surface area contributed by atoms with E-state index in [0.717, 1.165) is 12.8 Å². The van der Waals surface area contributed by atoms with E-state index in [0.29, 0.717) is 6.61 Å². The van der Waals surface area contributed by atoms with Gasteiger partial charge < -0.3 is 15.6 Å². The first-order chi connectivity index (χ1) is 6.20. The van der Waals surface area contributed by atoms with Gasteiger partial charge in [-0.05, 0) is 25.7 Å². The molecule has 0 spiro atoms. The van der Waals surface area contributed by atoms with Gasteiger partial charge in [-0.3, -0.25) is 4.79 Å². The summed E-state index contributed by atoms with van der Waals surface area (Å²) >= 11 is 0. The van der Waals surface area contributed by atoms with Crippen LogP contribution in [0.3, 0.4) is 0 Å². The average Bonchev–Trinajstić information content (AvgIpc) is 2.47. The van der Waals surface area contributed by atoms with E-state index in [2.05, 4.69) is 0 Å².